The molecule has 1 N–H and O–H groups in total. The average Bonchev–Trinajstić information content (AvgIpc) is 3.04. The quantitative estimate of drug-likeness (QED) is 0.744. The number of thioether (sulfide) groups is 2. The Morgan fingerprint density at radius 1 is 1.29 bits per heavy atom. The van der Waals surface area contributed by atoms with Gasteiger partial charge in [-0.25, -0.2) is 0 Å². The van der Waals surface area contributed by atoms with Gasteiger partial charge in [0.25, 0.3) is 5.91 Å². The average molecular weight is 327 g/mol. The van der Waals surface area contributed by atoms with Crippen molar-refractivity contribution in [2.24, 2.45) is 0 Å². The minimum Gasteiger partial charge on any atom is -0.484 e. The molecule has 0 saturated carbocycles. The molecule has 6 heteroatoms. The Morgan fingerprint density at radius 3 is 2.67 bits per heavy atom. The van der Waals surface area contributed by atoms with Crippen LogP contribution in [0.2, 0.25) is 0 Å². The van der Waals surface area contributed by atoms with E-state index in [2.05, 4.69) is 17.4 Å². The second-order valence-corrected chi connectivity index (χ2v) is 7.35. The maximum atomic E-state index is 11.6. The fourth-order valence-corrected chi connectivity index (χ4v) is 4.78. The molecule has 1 amide bonds. The molecule has 0 spiro atoms. The van der Waals surface area contributed by atoms with Crippen LogP contribution in [0.25, 0.3) is 0 Å². The van der Waals surface area contributed by atoms with Gasteiger partial charge in [0, 0.05) is 31.8 Å². The van der Waals surface area contributed by atoms with Crippen molar-refractivity contribution in [3.05, 3.63) is 29.8 Å². The zero-order chi connectivity index (χ0) is 14.9. The van der Waals surface area contributed by atoms with Crippen LogP contribution in [0.15, 0.2) is 24.3 Å². The van der Waals surface area contributed by atoms with E-state index in [4.69, 9.17) is 9.47 Å². The van der Waals surface area contributed by atoms with E-state index >= 15 is 0 Å². The van der Waals surface area contributed by atoms with E-state index in [0.717, 1.165) is 12.2 Å². The lowest BCUT2D eigenvalue weighted by Gasteiger charge is -2.10. The number of carbonyl (C=O) groups is 1. The Bertz CT molecular complexity index is 433. The van der Waals surface area contributed by atoms with E-state index in [0.29, 0.717) is 17.7 Å². The van der Waals surface area contributed by atoms with Gasteiger partial charge in [0.15, 0.2) is 6.61 Å². The molecule has 0 radical (unpaired) electrons. The van der Waals surface area contributed by atoms with Crippen LogP contribution in [0.1, 0.15) is 16.6 Å². The van der Waals surface area contributed by atoms with Crippen LogP contribution >= 0.6 is 23.5 Å². The summed E-state index contributed by atoms with van der Waals surface area (Å²) in [5.74, 6) is 3.07. The Kier molecular flexibility index (Phi) is 7.26. The zero-order valence-corrected chi connectivity index (χ0v) is 13.8. The molecular weight excluding hydrogens is 306 g/mol. The van der Waals surface area contributed by atoms with Crippen molar-refractivity contribution in [3.8, 4) is 5.75 Å². The van der Waals surface area contributed by atoms with Crippen LogP contribution in [0.5, 0.6) is 5.75 Å². The fraction of sp³-hybridized carbons (Fsp3) is 0.533. The van der Waals surface area contributed by atoms with E-state index in [9.17, 15) is 4.79 Å². The molecule has 1 aliphatic rings. The molecule has 0 aromatic heterocycles. The van der Waals surface area contributed by atoms with Crippen LogP contribution in [0.3, 0.4) is 0 Å². The van der Waals surface area contributed by atoms with Crippen molar-refractivity contribution in [3.63, 3.8) is 0 Å². The summed E-state index contributed by atoms with van der Waals surface area (Å²) in [6, 6.07) is 8.05. The van der Waals surface area contributed by atoms with Crippen LogP contribution in [-0.2, 0) is 9.53 Å². The first kappa shape index (κ1) is 16.5. The van der Waals surface area contributed by atoms with Crippen LogP contribution in [0.4, 0.5) is 0 Å². The van der Waals surface area contributed by atoms with E-state index in [1.165, 1.54) is 17.1 Å². The number of ether oxygens (including phenoxy) is 2. The topological polar surface area (TPSA) is 47.6 Å². The lowest BCUT2D eigenvalue weighted by Crippen LogP contribution is -2.30. The van der Waals surface area contributed by atoms with Crippen LogP contribution in [-0.4, -0.2) is 44.3 Å². The molecule has 4 nitrogen and oxygen atoms in total. The Balaban J connectivity index is 1.69. The highest BCUT2D eigenvalue weighted by Gasteiger charge is 2.17. The number of methoxy groups -OCH3 is 1. The van der Waals surface area contributed by atoms with Crippen molar-refractivity contribution in [1.29, 1.82) is 0 Å². The van der Waals surface area contributed by atoms with Crippen LogP contribution < -0.4 is 10.1 Å². The van der Waals surface area contributed by atoms with Gasteiger partial charge < -0.3 is 14.8 Å². The summed E-state index contributed by atoms with van der Waals surface area (Å²) in [6.45, 7) is 1.32. The first-order chi connectivity index (χ1) is 10.3. The van der Waals surface area contributed by atoms with Crippen molar-refractivity contribution in [2.75, 3.05) is 38.4 Å². The molecule has 0 atom stereocenters. The maximum Gasteiger partial charge on any atom is 0.257 e. The highest BCUT2D eigenvalue weighted by Crippen LogP contribution is 2.45. The predicted molar refractivity (Wildman–Crippen MR) is 89.1 cm³/mol. The van der Waals surface area contributed by atoms with Gasteiger partial charge in [-0.2, -0.15) is 0 Å². The Hall–Kier alpha value is -0.850. The number of benzene rings is 1. The summed E-state index contributed by atoms with van der Waals surface area (Å²) in [5.41, 5.74) is 1.32. The standard InChI is InChI=1S/C15H21NO3S2/c1-18-8-2-7-16-14(17)11-19-13-5-3-12(4-6-13)15-20-9-10-21-15/h3-6,15H,2,7-11H2,1H3,(H,16,17). The minimum atomic E-state index is -0.0999. The van der Waals surface area contributed by atoms with Gasteiger partial charge >= 0.3 is 0 Å². The summed E-state index contributed by atoms with van der Waals surface area (Å²) < 4.78 is 11.0. The van der Waals surface area contributed by atoms with E-state index in [1.807, 2.05) is 35.7 Å². The van der Waals surface area contributed by atoms with Gasteiger partial charge in [0.1, 0.15) is 5.75 Å². The molecule has 2 rings (SSSR count). The molecule has 1 heterocycles. The second-order valence-electron chi connectivity index (χ2n) is 4.63. The summed E-state index contributed by atoms with van der Waals surface area (Å²) in [5, 5.41) is 2.79. The van der Waals surface area contributed by atoms with E-state index in [1.54, 1.807) is 7.11 Å². The molecule has 21 heavy (non-hydrogen) atoms. The van der Waals surface area contributed by atoms with Gasteiger partial charge in [-0.3, -0.25) is 4.79 Å². The molecule has 1 aromatic rings. The van der Waals surface area contributed by atoms with Gasteiger partial charge in [-0.05, 0) is 24.1 Å². The fourth-order valence-electron chi connectivity index (χ4n) is 1.92. The first-order valence-corrected chi connectivity index (χ1v) is 9.11. The smallest absolute Gasteiger partial charge is 0.257 e. The van der Waals surface area contributed by atoms with Crippen molar-refractivity contribution in [1.82, 2.24) is 5.32 Å². The highest BCUT2D eigenvalue weighted by molar-refractivity contribution is 8.19. The molecule has 0 bridgehead atoms. The van der Waals surface area contributed by atoms with Crippen molar-refractivity contribution < 1.29 is 14.3 Å². The Labute approximate surface area is 134 Å². The van der Waals surface area contributed by atoms with Crippen molar-refractivity contribution in [2.45, 2.75) is 11.0 Å². The molecular formula is C15H21NO3S2. The van der Waals surface area contributed by atoms with E-state index < -0.39 is 0 Å². The third-order valence-electron chi connectivity index (χ3n) is 2.99. The van der Waals surface area contributed by atoms with Gasteiger partial charge in [-0.15, -0.1) is 23.5 Å². The lowest BCUT2D eigenvalue weighted by atomic mass is 10.2. The van der Waals surface area contributed by atoms with Gasteiger partial charge in [0.2, 0.25) is 0 Å². The number of hydrogen-bond acceptors (Lipinski definition) is 5. The van der Waals surface area contributed by atoms with E-state index in [-0.39, 0.29) is 12.5 Å². The summed E-state index contributed by atoms with van der Waals surface area (Å²) in [4.78, 5) is 11.6. The van der Waals surface area contributed by atoms with Gasteiger partial charge in [0.05, 0.1) is 4.58 Å². The third-order valence-corrected chi connectivity index (χ3v) is 6.10. The summed E-state index contributed by atoms with van der Waals surface area (Å²) in [6.07, 6.45) is 0.813. The molecule has 0 unspecified atom stereocenters. The number of rotatable bonds is 8. The number of hydrogen-bond donors (Lipinski definition) is 1. The molecule has 116 valence electrons. The molecule has 0 aliphatic carbocycles. The summed E-state index contributed by atoms with van der Waals surface area (Å²) >= 11 is 3.96. The number of amides is 1. The SMILES string of the molecule is COCCCNC(=O)COc1ccc(C2SCCS2)cc1. The van der Waals surface area contributed by atoms with Crippen LogP contribution in [0, 0.1) is 0 Å². The molecule has 1 fully saturated rings. The zero-order valence-electron chi connectivity index (χ0n) is 12.2. The summed E-state index contributed by atoms with van der Waals surface area (Å²) in [7, 11) is 1.65. The monoisotopic (exact) mass is 327 g/mol. The molecule has 1 aliphatic heterocycles. The second kappa shape index (κ2) is 9.23. The predicted octanol–water partition coefficient (Wildman–Crippen LogP) is 2.70. The highest BCUT2D eigenvalue weighted by atomic mass is 32.2. The lowest BCUT2D eigenvalue weighted by molar-refractivity contribution is -0.123. The minimum absolute atomic E-state index is 0.0548. The molecule has 1 aromatic carbocycles. The first-order valence-electron chi connectivity index (χ1n) is 7.01. The normalized spacial score (nSPS) is 15.1. The number of nitrogens with one attached hydrogen (secondary N) is 1. The molecule has 1 saturated heterocycles. The number of carbonyl (C=O) groups excluding carboxylic acids is 1. The van der Waals surface area contributed by atoms with Gasteiger partial charge in [-0.1, -0.05) is 12.1 Å². The van der Waals surface area contributed by atoms with Crippen molar-refractivity contribution >= 4 is 29.4 Å². The Morgan fingerprint density at radius 2 is 2.00 bits per heavy atom. The largest absolute Gasteiger partial charge is 0.484 e. The maximum absolute atomic E-state index is 11.6. The third kappa shape index (κ3) is 5.80.